The zero-order valence-electron chi connectivity index (χ0n) is 27.3. The SMILES string of the molecule is COCCC/C=C(\C)[C@H]1CC[C@H]2[C@@H]3CC=C4C[C@@H](OC5C=C[C@H](OC(C)=O)[C@@H](COC(C)=O)O5)CC[C@]4(C)[C@H]3CC[C@]12C. The molecule has 3 fully saturated rings. The standard InChI is InChI=1S/C36H54O7/c1-23(9-7-8-20-39-6)29-12-13-30-28-11-10-26-21-27(16-18-35(26,4)31(28)17-19-36(29,30)5)42-34-15-14-32(41-25(3)38)33(43-34)22-40-24(2)37/h9-10,14-15,27-34H,7-8,11-13,16-22H2,1-6H3/b23-9+/t27-,28-,29+,30-,31-,32-,33+,34?,35-,36+/m0/s1. The van der Waals surface area contributed by atoms with E-state index in [1.54, 1.807) is 24.3 Å². The normalized spacial score (nSPS) is 40.6. The summed E-state index contributed by atoms with van der Waals surface area (Å²) in [6, 6.07) is 0. The molecular weight excluding hydrogens is 544 g/mol. The van der Waals surface area contributed by atoms with E-state index in [-0.39, 0.29) is 18.1 Å². The first-order chi connectivity index (χ1) is 20.5. The molecule has 43 heavy (non-hydrogen) atoms. The number of hydrogen-bond donors (Lipinski definition) is 0. The average molecular weight is 599 g/mol. The second kappa shape index (κ2) is 13.6. The molecule has 0 spiro atoms. The summed E-state index contributed by atoms with van der Waals surface area (Å²) < 4.78 is 28.4. The van der Waals surface area contributed by atoms with Crippen LogP contribution in [0.25, 0.3) is 0 Å². The van der Waals surface area contributed by atoms with Crippen molar-refractivity contribution in [1.29, 1.82) is 0 Å². The number of methoxy groups -OCH3 is 1. The van der Waals surface area contributed by atoms with Gasteiger partial charge in [-0.1, -0.05) is 37.1 Å². The minimum absolute atomic E-state index is 0.0124. The lowest BCUT2D eigenvalue weighted by molar-refractivity contribution is -0.213. The van der Waals surface area contributed by atoms with Gasteiger partial charge in [-0.25, -0.2) is 0 Å². The molecule has 4 aliphatic carbocycles. The fraction of sp³-hybridized carbons (Fsp3) is 0.778. The highest BCUT2D eigenvalue weighted by Gasteiger charge is 2.58. The third-order valence-electron chi connectivity index (χ3n) is 11.8. The molecule has 1 heterocycles. The van der Waals surface area contributed by atoms with E-state index in [0.717, 1.165) is 62.4 Å². The molecule has 0 saturated heterocycles. The molecule has 0 N–H and O–H groups in total. The van der Waals surface area contributed by atoms with E-state index in [1.807, 2.05) is 6.08 Å². The van der Waals surface area contributed by atoms with Crippen molar-refractivity contribution in [1.82, 2.24) is 0 Å². The molecule has 0 radical (unpaired) electrons. The third-order valence-corrected chi connectivity index (χ3v) is 11.8. The van der Waals surface area contributed by atoms with Gasteiger partial charge in [0.05, 0.1) is 6.10 Å². The largest absolute Gasteiger partial charge is 0.463 e. The van der Waals surface area contributed by atoms with Gasteiger partial charge in [0, 0.05) is 27.6 Å². The Labute approximate surface area is 258 Å². The number of rotatable bonds is 10. The fourth-order valence-electron chi connectivity index (χ4n) is 9.72. The maximum absolute atomic E-state index is 11.6. The molecule has 1 unspecified atom stereocenters. The first-order valence-electron chi connectivity index (χ1n) is 16.7. The fourth-order valence-corrected chi connectivity index (χ4v) is 9.72. The van der Waals surface area contributed by atoms with Crippen LogP contribution in [0.3, 0.4) is 0 Å². The molecule has 0 amide bonds. The van der Waals surface area contributed by atoms with Crippen molar-refractivity contribution in [2.24, 2.45) is 34.5 Å². The molecule has 0 aromatic heterocycles. The Hall–Kier alpha value is -1.96. The zero-order chi connectivity index (χ0) is 30.8. The van der Waals surface area contributed by atoms with Crippen LogP contribution in [0.2, 0.25) is 0 Å². The Bertz CT molecular complexity index is 1110. The predicted molar refractivity (Wildman–Crippen MR) is 165 cm³/mol. The van der Waals surface area contributed by atoms with Gasteiger partial charge < -0.3 is 23.7 Å². The second-order valence-corrected chi connectivity index (χ2v) is 14.3. The number of carbonyl (C=O) groups is 2. The Kier molecular flexibility index (Phi) is 10.2. The van der Waals surface area contributed by atoms with E-state index >= 15 is 0 Å². The van der Waals surface area contributed by atoms with Crippen LogP contribution in [0.15, 0.2) is 35.5 Å². The topological polar surface area (TPSA) is 80.3 Å². The molecule has 0 aromatic rings. The van der Waals surface area contributed by atoms with E-state index < -0.39 is 30.4 Å². The Morgan fingerprint density at radius 1 is 1.02 bits per heavy atom. The van der Waals surface area contributed by atoms with E-state index in [2.05, 4.69) is 32.9 Å². The minimum Gasteiger partial charge on any atom is -0.463 e. The quantitative estimate of drug-likeness (QED) is 0.151. The molecule has 240 valence electrons. The van der Waals surface area contributed by atoms with Crippen LogP contribution in [-0.2, 0) is 33.3 Å². The molecule has 7 heteroatoms. The van der Waals surface area contributed by atoms with E-state index in [9.17, 15) is 9.59 Å². The summed E-state index contributed by atoms with van der Waals surface area (Å²) in [6.45, 7) is 11.1. The van der Waals surface area contributed by atoms with Gasteiger partial charge in [0.2, 0.25) is 0 Å². The lowest BCUT2D eigenvalue weighted by Gasteiger charge is -2.58. The number of allylic oxidation sites excluding steroid dienone is 3. The van der Waals surface area contributed by atoms with Crippen LogP contribution in [0.5, 0.6) is 0 Å². The maximum Gasteiger partial charge on any atom is 0.303 e. The average Bonchev–Trinajstić information content (AvgIpc) is 3.32. The van der Waals surface area contributed by atoms with Crippen molar-refractivity contribution >= 4 is 11.9 Å². The number of ether oxygens (including phenoxy) is 5. The van der Waals surface area contributed by atoms with Gasteiger partial charge in [0.25, 0.3) is 0 Å². The van der Waals surface area contributed by atoms with Crippen molar-refractivity contribution < 1.29 is 33.3 Å². The van der Waals surface area contributed by atoms with Crippen LogP contribution in [0.4, 0.5) is 0 Å². The van der Waals surface area contributed by atoms with Gasteiger partial charge in [0.1, 0.15) is 18.8 Å². The highest BCUT2D eigenvalue weighted by atomic mass is 16.7. The Morgan fingerprint density at radius 3 is 2.58 bits per heavy atom. The van der Waals surface area contributed by atoms with Crippen molar-refractivity contribution in [3.63, 3.8) is 0 Å². The van der Waals surface area contributed by atoms with Gasteiger partial charge in [-0.2, -0.15) is 0 Å². The summed E-state index contributed by atoms with van der Waals surface area (Å²) in [5, 5.41) is 0. The van der Waals surface area contributed by atoms with E-state index in [1.165, 1.54) is 46.0 Å². The molecule has 5 aliphatic rings. The van der Waals surface area contributed by atoms with Crippen LogP contribution >= 0.6 is 0 Å². The summed E-state index contributed by atoms with van der Waals surface area (Å²) in [5.41, 5.74) is 3.85. The molecule has 3 saturated carbocycles. The summed E-state index contributed by atoms with van der Waals surface area (Å²) >= 11 is 0. The van der Waals surface area contributed by atoms with Crippen molar-refractivity contribution in [2.45, 2.75) is 123 Å². The van der Waals surface area contributed by atoms with Crippen LogP contribution in [0, 0.1) is 34.5 Å². The Morgan fingerprint density at radius 2 is 1.84 bits per heavy atom. The number of esters is 2. The molecule has 0 aromatic carbocycles. The first kappa shape index (κ1) is 32.4. The number of hydrogen-bond acceptors (Lipinski definition) is 7. The summed E-state index contributed by atoms with van der Waals surface area (Å²) in [6.07, 6.45) is 18.9. The van der Waals surface area contributed by atoms with Crippen LogP contribution in [-0.4, -0.2) is 56.9 Å². The lowest BCUT2D eigenvalue weighted by Crippen LogP contribution is -2.51. The highest BCUT2D eigenvalue weighted by molar-refractivity contribution is 5.66. The van der Waals surface area contributed by atoms with Gasteiger partial charge >= 0.3 is 11.9 Å². The summed E-state index contributed by atoms with van der Waals surface area (Å²) in [7, 11) is 1.79. The highest BCUT2D eigenvalue weighted by Crippen LogP contribution is 2.67. The monoisotopic (exact) mass is 598 g/mol. The predicted octanol–water partition coefficient (Wildman–Crippen LogP) is 7.10. The zero-order valence-corrected chi connectivity index (χ0v) is 27.3. The van der Waals surface area contributed by atoms with Crippen LogP contribution in [0.1, 0.15) is 98.8 Å². The summed E-state index contributed by atoms with van der Waals surface area (Å²) in [5.74, 6) is 2.26. The van der Waals surface area contributed by atoms with Crippen LogP contribution < -0.4 is 0 Å². The molecule has 0 bridgehead atoms. The third kappa shape index (κ3) is 6.84. The summed E-state index contributed by atoms with van der Waals surface area (Å²) in [4.78, 5) is 23.0. The van der Waals surface area contributed by atoms with E-state index in [4.69, 9.17) is 23.7 Å². The van der Waals surface area contributed by atoms with Gasteiger partial charge in [0.15, 0.2) is 6.29 Å². The first-order valence-corrected chi connectivity index (χ1v) is 16.7. The number of carbonyl (C=O) groups excluding carboxylic acids is 2. The lowest BCUT2D eigenvalue weighted by atomic mass is 9.47. The van der Waals surface area contributed by atoms with Gasteiger partial charge in [-0.3, -0.25) is 9.59 Å². The van der Waals surface area contributed by atoms with Crippen molar-refractivity contribution in [3.05, 3.63) is 35.5 Å². The maximum atomic E-state index is 11.6. The minimum atomic E-state index is -0.605. The number of unbranched alkanes of at least 4 members (excludes halogenated alkanes) is 1. The van der Waals surface area contributed by atoms with Gasteiger partial charge in [-0.15, -0.1) is 0 Å². The molecule has 10 atom stereocenters. The molecule has 5 rings (SSSR count). The van der Waals surface area contributed by atoms with Crippen molar-refractivity contribution in [3.8, 4) is 0 Å². The second-order valence-electron chi connectivity index (χ2n) is 14.3. The molecule has 7 nitrogen and oxygen atoms in total. The molecule has 1 aliphatic heterocycles. The number of fused-ring (bicyclic) bond motifs is 5. The molecular formula is C36H54O7. The van der Waals surface area contributed by atoms with Gasteiger partial charge in [-0.05, 0) is 118 Å². The van der Waals surface area contributed by atoms with E-state index in [0.29, 0.717) is 5.41 Å². The smallest absolute Gasteiger partial charge is 0.303 e. The van der Waals surface area contributed by atoms with Crippen molar-refractivity contribution in [2.75, 3.05) is 20.3 Å². The Balaban J connectivity index is 1.22.